The Balaban J connectivity index is 0.830. The van der Waals surface area contributed by atoms with Crippen molar-refractivity contribution in [2.24, 2.45) is 21.8 Å². The summed E-state index contributed by atoms with van der Waals surface area (Å²) in [6.45, 7) is 10.1. The van der Waals surface area contributed by atoms with E-state index in [1.807, 2.05) is 36.4 Å². The monoisotopic (exact) mass is 1120 g/mol. The molecule has 4 aliphatic heterocycles. The van der Waals surface area contributed by atoms with Gasteiger partial charge in [-0.15, -0.1) is 0 Å². The number of benzene rings is 3. The Hall–Kier alpha value is -4.54. The van der Waals surface area contributed by atoms with Gasteiger partial charge in [-0.25, -0.2) is 0 Å². The fourth-order valence-electron chi connectivity index (χ4n) is 13.2. The highest BCUT2D eigenvalue weighted by atomic mass is 32.2. The van der Waals surface area contributed by atoms with Gasteiger partial charge in [0.15, 0.2) is 0 Å². The van der Waals surface area contributed by atoms with E-state index in [0.29, 0.717) is 47.2 Å². The van der Waals surface area contributed by atoms with Crippen LogP contribution in [0.2, 0.25) is 0 Å². The second kappa shape index (κ2) is 30.1. The van der Waals surface area contributed by atoms with E-state index in [2.05, 4.69) is 52.0 Å². The zero-order valence-electron chi connectivity index (χ0n) is 49.4. The van der Waals surface area contributed by atoms with Gasteiger partial charge in [-0.05, 0) is 113 Å². The van der Waals surface area contributed by atoms with E-state index in [1.54, 1.807) is 33.3 Å². The summed E-state index contributed by atoms with van der Waals surface area (Å²) >= 11 is 3.43. The van der Waals surface area contributed by atoms with Gasteiger partial charge < -0.3 is 0 Å². The van der Waals surface area contributed by atoms with Crippen LogP contribution in [0.4, 0.5) is 0 Å². The maximum atomic E-state index is 14.2. The number of thioether (sulfide) groups is 2. The second-order valence-corrected chi connectivity index (χ2v) is 26.6. The van der Waals surface area contributed by atoms with Crippen LogP contribution in [-0.4, -0.2) is 57.9 Å². The molecule has 10 heteroatoms. The van der Waals surface area contributed by atoms with E-state index in [-0.39, 0.29) is 34.4 Å². The van der Waals surface area contributed by atoms with Gasteiger partial charge in [0.2, 0.25) is 0 Å². The van der Waals surface area contributed by atoms with Crippen LogP contribution in [0.5, 0.6) is 0 Å². The van der Waals surface area contributed by atoms with Gasteiger partial charge >= 0.3 is 0 Å². The molecule has 4 atom stereocenters. The summed E-state index contributed by atoms with van der Waals surface area (Å²) < 4.78 is 0. The van der Waals surface area contributed by atoms with Crippen LogP contribution < -0.4 is 10.4 Å². The maximum Gasteiger partial charge on any atom is 0.261 e. The molecule has 3 aromatic carbocycles. The molecule has 4 amide bonds. The predicted octanol–water partition coefficient (Wildman–Crippen LogP) is 18.1. The Labute approximate surface area is 489 Å². The van der Waals surface area contributed by atoms with E-state index in [9.17, 15) is 19.2 Å². The highest BCUT2D eigenvalue weighted by Gasteiger charge is 2.40. The Bertz CT molecular complexity index is 2900. The van der Waals surface area contributed by atoms with Gasteiger partial charge in [-0.2, -0.15) is 0 Å². The minimum atomic E-state index is -0.216. The molecule has 6 aliphatic rings. The number of nitrogens with zero attached hydrogens (tertiary/aromatic N) is 4. The van der Waals surface area contributed by atoms with Crippen molar-refractivity contribution in [2.45, 2.75) is 244 Å². The molecule has 0 saturated heterocycles. The third kappa shape index (κ3) is 14.8. The zero-order chi connectivity index (χ0) is 55.8. The van der Waals surface area contributed by atoms with Gasteiger partial charge in [0.25, 0.3) is 23.6 Å². The average Bonchev–Trinajstić information content (AvgIpc) is 4.40. The van der Waals surface area contributed by atoms with E-state index in [1.165, 1.54) is 154 Å². The summed E-state index contributed by atoms with van der Waals surface area (Å²) in [4.78, 5) is 72.2. The molecule has 4 unspecified atom stereocenters. The van der Waals surface area contributed by atoms with Gasteiger partial charge in [0.05, 0.1) is 33.7 Å². The predicted molar refractivity (Wildman–Crippen MR) is 337 cm³/mol. The van der Waals surface area contributed by atoms with Crippen LogP contribution in [0.3, 0.4) is 0 Å². The molecule has 0 bridgehead atoms. The highest BCUT2D eigenvalue weighted by molar-refractivity contribution is 8.10. The third-order valence-corrected chi connectivity index (χ3v) is 20.5. The van der Waals surface area contributed by atoms with Gasteiger partial charge in [0.1, 0.15) is 10.7 Å². The van der Waals surface area contributed by atoms with Crippen LogP contribution in [0.1, 0.15) is 308 Å². The Morgan fingerprint density at radius 1 is 0.425 bits per heavy atom. The summed E-state index contributed by atoms with van der Waals surface area (Å²) in [7, 11) is 0. The minimum absolute atomic E-state index is 0.148. The first kappa shape index (κ1) is 60.1. The quantitative estimate of drug-likeness (QED) is 0.0419. The maximum absolute atomic E-state index is 14.2. The standard InChI is InChI=1S/C70H94N4O4S2/c1-5-9-13-17-21-23-27-31-35-49(33-29-25-19-15-11-7-3)47-73-67(75)55-39-37-51(42-59(55)69(73)77)65-71-61-44-53-41-54-45-62-63(57(54)46-58(53)64(61)80-65)72-66(79-62)52-38-40-56-60(43-52)70(78)74(68(56)76)48-50(34-30-26-20-16-12-8-4)36-32-28-24-22-18-14-10-6-2/h37-46,49-50,65-66H,5-36,47-48H2,1-4H3. The van der Waals surface area contributed by atoms with E-state index in [4.69, 9.17) is 9.98 Å². The van der Waals surface area contributed by atoms with Crippen molar-refractivity contribution in [3.63, 3.8) is 0 Å². The number of carbonyl (C=O) groups is 4. The Morgan fingerprint density at radius 2 is 0.825 bits per heavy atom. The van der Waals surface area contributed by atoms with Crippen LogP contribution in [0.15, 0.2) is 63.4 Å². The number of fused-ring (bicyclic) bond motifs is 7. The normalized spacial score (nSPS) is 18.4. The molecular formula is C70H94N4O4S2. The van der Waals surface area contributed by atoms with E-state index < -0.39 is 0 Å². The number of carbonyl (C=O) groups excluding carboxylic acids is 4. The fourth-order valence-corrected chi connectivity index (χ4v) is 15.6. The fraction of sp³-hybridized carbons (Fsp3) is 0.600. The molecule has 0 spiro atoms. The van der Waals surface area contributed by atoms with E-state index >= 15 is 0 Å². The summed E-state index contributed by atoms with van der Waals surface area (Å²) in [5.74, 6) is 0.0586. The van der Waals surface area contributed by atoms with Crippen molar-refractivity contribution in [3.8, 4) is 0 Å². The molecule has 80 heavy (non-hydrogen) atoms. The van der Waals surface area contributed by atoms with Crippen molar-refractivity contribution in [1.29, 1.82) is 0 Å². The van der Waals surface area contributed by atoms with E-state index in [0.717, 1.165) is 105 Å². The summed E-state index contributed by atoms with van der Waals surface area (Å²) in [6.07, 6.45) is 44.1. The molecule has 8 nitrogen and oxygen atoms in total. The van der Waals surface area contributed by atoms with Gasteiger partial charge in [-0.1, -0.05) is 243 Å². The lowest BCUT2D eigenvalue weighted by molar-refractivity contribution is 0.0607. The molecule has 430 valence electrons. The number of imide groups is 2. The molecule has 0 fully saturated rings. The lowest BCUT2D eigenvalue weighted by Crippen LogP contribution is -2.34. The van der Waals surface area contributed by atoms with Crippen molar-refractivity contribution >= 4 is 75.6 Å². The molecular weight excluding hydrogens is 1020 g/mol. The molecule has 4 heterocycles. The molecule has 3 aromatic rings. The summed E-state index contributed by atoms with van der Waals surface area (Å²) in [6, 6.07) is 16.2. The van der Waals surface area contributed by atoms with Crippen molar-refractivity contribution < 1.29 is 19.2 Å². The first-order valence-corrected chi connectivity index (χ1v) is 34.1. The summed E-state index contributed by atoms with van der Waals surface area (Å²) in [5, 5.41) is 1.86. The zero-order valence-corrected chi connectivity index (χ0v) is 51.0. The SMILES string of the molecule is CCCCCCCCCCC(CCCCCCCC)CN1C(=O)c2ccc(C3N=C4C(=Cc5cc6c(cc54)=C4SC(c5ccc7c(c5)C(=O)N(CC(CCCCCCCC)CCCCCCCCCC)C7=O)N=C4C=6)S3)cc2C1=O. The first-order valence-electron chi connectivity index (χ1n) is 32.3. The minimum Gasteiger partial charge on any atom is -0.274 e. The largest absolute Gasteiger partial charge is 0.274 e. The van der Waals surface area contributed by atoms with Crippen LogP contribution in [0.25, 0.3) is 17.1 Å². The third-order valence-electron chi connectivity index (χ3n) is 18.0. The highest BCUT2D eigenvalue weighted by Crippen LogP contribution is 2.49. The topological polar surface area (TPSA) is 99.5 Å². The second-order valence-electron chi connectivity index (χ2n) is 24.4. The molecule has 9 rings (SSSR count). The van der Waals surface area contributed by atoms with Crippen LogP contribution in [-0.2, 0) is 0 Å². The summed E-state index contributed by atoms with van der Waals surface area (Å²) in [5.41, 5.74) is 8.14. The molecule has 0 saturated carbocycles. The lowest BCUT2D eigenvalue weighted by atomic mass is 9.93. The number of unbranched alkanes of at least 4 members (excludes halogenated alkanes) is 24. The van der Waals surface area contributed by atoms with Gasteiger partial charge in [0, 0.05) is 28.5 Å². The van der Waals surface area contributed by atoms with Gasteiger partial charge in [-0.3, -0.25) is 39.0 Å². The van der Waals surface area contributed by atoms with Crippen molar-refractivity contribution in [2.75, 3.05) is 13.1 Å². The van der Waals surface area contributed by atoms with Crippen molar-refractivity contribution in [1.82, 2.24) is 9.80 Å². The van der Waals surface area contributed by atoms with Crippen LogP contribution >= 0.6 is 23.5 Å². The van der Waals surface area contributed by atoms with Crippen LogP contribution in [0, 0.1) is 11.8 Å². The number of hydrogen-bond acceptors (Lipinski definition) is 8. The number of rotatable bonds is 38. The lowest BCUT2D eigenvalue weighted by Gasteiger charge is -2.23. The molecule has 2 aliphatic carbocycles. The number of allylic oxidation sites excluding steroid dienone is 1. The Morgan fingerprint density at radius 3 is 1.26 bits per heavy atom. The first-order chi connectivity index (χ1) is 39.2. The number of amides is 4. The molecule has 0 N–H and O–H groups in total. The van der Waals surface area contributed by atoms with Crippen molar-refractivity contribution in [3.05, 3.63) is 108 Å². The average molecular weight is 1120 g/mol. The molecule has 0 radical (unpaired) electrons. The number of hydrogen-bond donors (Lipinski definition) is 0. The smallest absolute Gasteiger partial charge is 0.261 e. The number of aliphatic imine (C=N–C) groups is 2. The Kier molecular flexibility index (Phi) is 22.6. The molecule has 0 aromatic heterocycles.